The van der Waals surface area contributed by atoms with E-state index in [-0.39, 0.29) is 30.7 Å². The Bertz CT molecular complexity index is 446. The first kappa shape index (κ1) is 12.3. The minimum absolute atomic E-state index is 0.0292. The van der Waals surface area contributed by atoms with Crippen molar-refractivity contribution in [3.8, 4) is 5.75 Å². The first-order valence-electron chi connectivity index (χ1n) is 5.17. The highest BCUT2D eigenvalue weighted by Crippen LogP contribution is 2.21. The van der Waals surface area contributed by atoms with Gasteiger partial charge in [0.1, 0.15) is 5.75 Å². The monoisotopic (exact) mass is 256 g/mol. The van der Waals surface area contributed by atoms with Gasteiger partial charge in [-0.2, -0.15) is 8.78 Å². The van der Waals surface area contributed by atoms with Crippen LogP contribution in [0.25, 0.3) is 0 Å². The summed E-state index contributed by atoms with van der Waals surface area (Å²) in [6.07, 6.45) is 0. The first-order chi connectivity index (χ1) is 8.54. The van der Waals surface area contributed by atoms with Crippen molar-refractivity contribution in [2.45, 2.75) is 6.61 Å². The fourth-order valence-corrected chi connectivity index (χ4v) is 1.66. The lowest BCUT2D eigenvalue weighted by atomic mass is 10.2. The van der Waals surface area contributed by atoms with Gasteiger partial charge in [0.15, 0.2) is 0 Å². The molecule has 1 heterocycles. The van der Waals surface area contributed by atoms with Gasteiger partial charge < -0.3 is 9.64 Å². The standard InChI is InChI=1S/C11H10F2N2O3/c12-11(13)18-8-3-1-7(2-4-8)15-5-9(16)14-10(17)6-15/h1-4,11H,5-6H2,(H,14,16,17). The van der Waals surface area contributed by atoms with Gasteiger partial charge >= 0.3 is 6.61 Å². The lowest BCUT2D eigenvalue weighted by molar-refractivity contribution is -0.130. The molecule has 1 N–H and O–H groups in total. The molecule has 0 spiro atoms. The van der Waals surface area contributed by atoms with Crippen LogP contribution in [0.5, 0.6) is 5.75 Å². The number of nitrogens with zero attached hydrogens (tertiary/aromatic N) is 1. The van der Waals surface area contributed by atoms with Crippen LogP contribution in [0.15, 0.2) is 24.3 Å². The molecule has 1 aromatic rings. The van der Waals surface area contributed by atoms with Crippen molar-refractivity contribution in [3.63, 3.8) is 0 Å². The number of hydrogen-bond donors (Lipinski definition) is 1. The van der Waals surface area contributed by atoms with Gasteiger partial charge in [0, 0.05) is 5.69 Å². The summed E-state index contributed by atoms with van der Waals surface area (Å²) in [6, 6.07) is 5.75. The number of hydrogen-bond acceptors (Lipinski definition) is 4. The van der Waals surface area contributed by atoms with E-state index >= 15 is 0 Å². The molecular formula is C11H10F2N2O3. The van der Waals surface area contributed by atoms with E-state index in [0.717, 1.165) is 0 Å². The topological polar surface area (TPSA) is 58.6 Å². The average Bonchev–Trinajstić information content (AvgIpc) is 2.27. The molecule has 0 aliphatic carbocycles. The van der Waals surface area contributed by atoms with Crippen molar-refractivity contribution in [3.05, 3.63) is 24.3 Å². The molecular weight excluding hydrogens is 246 g/mol. The third-order valence-electron chi connectivity index (χ3n) is 2.37. The number of carbonyl (C=O) groups excluding carboxylic acids is 2. The van der Waals surface area contributed by atoms with Crippen molar-refractivity contribution in [2.75, 3.05) is 18.0 Å². The third-order valence-corrected chi connectivity index (χ3v) is 2.37. The summed E-state index contributed by atoms with van der Waals surface area (Å²) < 4.78 is 28.1. The Balaban J connectivity index is 2.09. The Morgan fingerprint density at radius 2 is 1.67 bits per heavy atom. The summed E-state index contributed by atoms with van der Waals surface area (Å²) >= 11 is 0. The second-order valence-electron chi connectivity index (χ2n) is 3.70. The summed E-state index contributed by atoms with van der Waals surface area (Å²) in [6.45, 7) is -2.76. The van der Waals surface area contributed by atoms with Crippen LogP contribution >= 0.6 is 0 Å². The number of benzene rings is 1. The fourth-order valence-electron chi connectivity index (χ4n) is 1.66. The summed E-state index contributed by atoms with van der Waals surface area (Å²) in [5.74, 6) is -0.750. The highest BCUT2D eigenvalue weighted by atomic mass is 19.3. The van der Waals surface area contributed by atoms with E-state index in [0.29, 0.717) is 5.69 Å². The summed E-state index contributed by atoms with van der Waals surface area (Å²) in [7, 11) is 0. The highest BCUT2D eigenvalue weighted by molar-refractivity contribution is 6.02. The zero-order chi connectivity index (χ0) is 13.1. The molecule has 96 valence electrons. The average molecular weight is 256 g/mol. The molecule has 5 nitrogen and oxygen atoms in total. The summed E-state index contributed by atoms with van der Waals surface area (Å²) in [4.78, 5) is 23.9. The molecule has 1 aliphatic rings. The van der Waals surface area contributed by atoms with Crippen LogP contribution in [0.2, 0.25) is 0 Å². The van der Waals surface area contributed by atoms with Crippen LogP contribution in [-0.2, 0) is 9.59 Å². The van der Waals surface area contributed by atoms with Crippen molar-refractivity contribution >= 4 is 17.5 Å². The van der Waals surface area contributed by atoms with Crippen LogP contribution in [-0.4, -0.2) is 31.5 Å². The zero-order valence-electron chi connectivity index (χ0n) is 9.23. The normalized spacial score (nSPS) is 15.8. The van der Waals surface area contributed by atoms with Crippen molar-refractivity contribution in [1.29, 1.82) is 0 Å². The molecule has 0 unspecified atom stereocenters. The number of carbonyl (C=O) groups is 2. The predicted molar refractivity (Wildman–Crippen MR) is 58.4 cm³/mol. The molecule has 2 rings (SSSR count). The third kappa shape index (κ3) is 2.93. The van der Waals surface area contributed by atoms with Crippen LogP contribution in [0.3, 0.4) is 0 Å². The van der Waals surface area contributed by atoms with Crippen LogP contribution in [0.1, 0.15) is 0 Å². The molecule has 7 heteroatoms. The van der Waals surface area contributed by atoms with Gasteiger partial charge in [-0.05, 0) is 24.3 Å². The molecule has 1 aromatic carbocycles. The fraction of sp³-hybridized carbons (Fsp3) is 0.273. The molecule has 0 bridgehead atoms. The van der Waals surface area contributed by atoms with E-state index in [9.17, 15) is 18.4 Å². The quantitative estimate of drug-likeness (QED) is 0.811. The number of amides is 2. The Morgan fingerprint density at radius 3 is 2.17 bits per heavy atom. The van der Waals surface area contributed by atoms with Gasteiger partial charge in [0.2, 0.25) is 11.8 Å². The number of rotatable bonds is 3. The highest BCUT2D eigenvalue weighted by Gasteiger charge is 2.22. The van der Waals surface area contributed by atoms with E-state index in [1.807, 2.05) is 0 Å². The molecule has 0 atom stereocenters. The van der Waals surface area contributed by atoms with Crippen molar-refractivity contribution in [2.24, 2.45) is 0 Å². The largest absolute Gasteiger partial charge is 0.435 e. The van der Waals surface area contributed by atoms with Gasteiger partial charge in [-0.15, -0.1) is 0 Å². The number of anilines is 1. The Kier molecular flexibility index (Phi) is 3.40. The SMILES string of the molecule is O=C1CN(c2ccc(OC(F)F)cc2)CC(=O)N1. The number of halogens is 2. The molecule has 0 saturated carbocycles. The van der Waals surface area contributed by atoms with E-state index in [2.05, 4.69) is 10.1 Å². The minimum Gasteiger partial charge on any atom is -0.435 e. The van der Waals surface area contributed by atoms with Gasteiger partial charge in [-0.25, -0.2) is 0 Å². The maximum absolute atomic E-state index is 11.9. The molecule has 18 heavy (non-hydrogen) atoms. The van der Waals surface area contributed by atoms with Crippen LogP contribution < -0.4 is 15.0 Å². The summed E-state index contributed by atoms with van der Waals surface area (Å²) in [5, 5.41) is 2.17. The van der Waals surface area contributed by atoms with Gasteiger partial charge in [0.25, 0.3) is 0 Å². The molecule has 2 amide bonds. The lowest BCUT2D eigenvalue weighted by Gasteiger charge is -2.27. The molecule has 0 radical (unpaired) electrons. The first-order valence-corrected chi connectivity index (χ1v) is 5.17. The maximum Gasteiger partial charge on any atom is 0.387 e. The van der Waals surface area contributed by atoms with E-state index in [4.69, 9.17) is 0 Å². The molecule has 1 saturated heterocycles. The molecule has 1 fully saturated rings. The number of ether oxygens (including phenoxy) is 1. The van der Waals surface area contributed by atoms with Crippen molar-refractivity contribution in [1.82, 2.24) is 5.32 Å². The zero-order valence-corrected chi connectivity index (χ0v) is 9.23. The maximum atomic E-state index is 11.9. The van der Waals surface area contributed by atoms with Crippen LogP contribution in [0.4, 0.5) is 14.5 Å². The number of alkyl halides is 2. The second kappa shape index (κ2) is 4.99. The number of piperazine rings is 1. The van der Waals surface area contributed by atoms with E-state index in [1.165, 1.54) is 24.3 Å². The Labute approximate surface area is 101 Å². The second-order valence-corrected chi connectivity index (χ2v) is 3.70. The Hall–Kier alpha value is -2.18. The summed E-state index contributed by atoms with van der Waals surface area (Å²) in [5.41, 5.74) is 0.597. The van der Waals surface area contributed by atoms with Gasteiger partial charge in [0.05, 0.1) is 13.1 Å². The van der Waals surface area contributed by atoms with E-state index < -0.39 is 6.61 Å². The van der Waals surface area contributed by atoms with E-state index in [1.54, 1.807) is 4.90 Å². The van der Waals surface area contributed by atoms with Gasteiger partial charge in [-0.1, -0.05) is 0 Å². The minimum atomic E-state index is -2.88. The molecule has 0 aromatic heterocycles. The predicted octanol–water partition coefficient (Wildman–Crippen LogP) is 0.751. The molecule has 1 aliphatic heterocycles. The van der Waals surface area contributed by atoms with Crippen LogP contribution in [0, 0.1) is 0 Å². The Morgan fingerprint density at radius 1 is 1.11 bits per heavy atom. The number of imide groups is 1. The lowest BCUT2D eigenvalue weighted by Crippen LogP contribution is -2.51. The van der Waals surface area contributed by atoms with Gasteiger partial charge in [-0.3, -0.25) is 14.9 Å². The smallest absolute Gasteiger partial charge is 0.387 e. The van der Waals surface area contributed by atoms with Crippen molar-refractivity contribution < 1.29 is 23.1 Å². The number of nitrogens with one attached hydrogen (secondary N) is 1.